The number of amides is 1. The molecule has 18 heavy (non-hydrogen) atoms. The highest BCUT2D eigenvalue weighted by atomic mass is 32.1. The number of nitrogens with one attached hydrogen (secondary N) is 1. The number of aryl methyl sites for hydroxylation is 1. The van der Waals surface area contributed by atoms with E-state index in [-0.39, 0.29) is 12.5 Å². The molecule has 1 unspecified atom stereocenters. The third-order valence-corrected chi connectivity index (χ3v) is 3.10. The number of aromatic nitrogens is 1. The molecule has 0 fully saturated rings. The Morgan fingerprint density at radius 1 is 1.61 bits per heavy atom. The molecule has 2 aromatic heterocycles. The number of hydrogen-bond acceptors (Lipinski definition) is 5. The van der Waals surface area contributed by atoms with Crippen LogP contribution in [-0.4, -0.2) is 28.6 Å². The minimum atomic E-state index is -0.570. The van der Waals surface area contributed by atoms with E-state index in [2.05, 4.69) is 10.3 Å². The van der Waals surface area contributed by atoms with Gasteiger partial charge in [-0.15, -0.1) is 11.3 Å². The predicted octanol–water partition coefficient (Wildman–Crippen LogP) is 1.82. The standard InChI is InChI=1S/C12H14N2O3S/c1-7(15)5-13-11(16)9-6-18-12(14-9)10-4-3-8(2)17-10/h3-4,6-7,15H,5H2,1-2H3,(H,13,16). The highest BCUT2D eigenvalue weighted by Gasteiger charge is 2.13. The van der Waals surface area contributed by atoms with Crippen molar-refractivity contribution >= 4 is 17.2 Å². The summed E-state index contributed by atoms with van der Waals surface area (Å²) >= 11 is 1.35. The Balaban J connectivity index is 2.08. The van der Waals surface area contributed by atoms with Gasteiger partial charge < -0.3 is 14.8 Å². The van der Waals surface area contributed by atoms with E-state index >= 15 is 0 Å². The van der Waals surface area contributed by atoms with Crippen molar-refractivity contribution in [1.82, 2.24) is 10.3 Å². The number of thiazole rings is 1. The number of furan rings is 1. The normalized spacial score (nSPS) is 12.4. The fourth-order valence-corrected chi connectivity index (χ4v) is 2.13. The molecule has 5 nitrogen and oxygen atoms in total. The molecule has 0 aliphatic rings. The Labute approximate surface area is 108 Å². The van der Waals surface area contributed by atoms with E-state index in [0.29, 0.717) is 16.5 Å². The van der Waals surface area contributed by atoms with Crippen molar-refractivity contribution in [3.8, 4) is 10.8 Å². The van der Waals surface area contributed by atoms with E-state index in [1.807, 2.05) is 19.1 Å². The minimum absolute atomic E-state index is 0.214. The lowest BCUT2D eigenvalue weighted by molar-refractivity contribution is 0.0920. The van der Waals surface area contributed by atoms with E-state index < -0.39 is 6.10 Å². The molecule has 0 radical (unpaired) electrons. The van der Waals surface area contributed by atoms with Crippen LogP contribution in [0.25, 0.3) is 10.8 Å². The summed E-state index contributed by atoms with van der Waals surface area (Å²) in [4.78, 5) is 15.9. The predicted molar refractivity (Wildman–Crippen MR) is 68.6 cm³/mol. The van der Waals surface area contributed by atoms with Gasteiger partial charge in [-0.1, -0.05) is 0 Å². The first-order chi connectivity index (χ1) is 8.56. The van der Waals surface area contributed by atoms with Crippen LogP contribution in [0.2, 0.25) is 0 Å². The van der Waals surface area contributed by atoms with Crippen molar-refractivity contribution in [3.05, 3.63) is 29.0 Å². The SMILES string of the molecule is Cc1ccc(-c2nc(C(=O)NCC(C)O)cs2)o1. The lowest BCUT2D eigenvalue weighted by Crippen LogP contribution is -2.30. The van der Waals surface area contributed by atoms with E-state index in [0.717, 1.165) is 5.76 Å². The number of rotatable bonds is 4. The number of aliphatic hydroxyl groups is 1. The third kappa shape index (κ3) is 2.96. The molecule has 0 aromatic carbocycles. The summed E-state index contributed by atoms with van der Waals surface area (Å²) in [5, 5.41) is 14.0. The summed E-state index contributed by atoms with van der Waals surface area (Å²) in [6.45, 7) is 3.68. The topological polar surface area (TPSA) is 75.4 Å². The molecule has 0 aliphatic carbocycles. The van der Waals surface area contributed by atoms with E-state index in [1.165, 1.54) is 11.3 Å². The smallest absolute Gasteiger partial charge is 0.270 e. The van der Waals surface area contributed by atoms with Crippen molar-refractivity contribution in [2.45, 2.75) is 20.0 Å². The second kappa shape index (κ2) is 5.32. The van der Waals surface area contributed by atoms with Crippen LogP contribution in [0.1, 0.15) is 23.2 Å². The van der Waals surface area contributed by atoms with Gasteiger partial charge in [0.05, 0.1) is 6.10 Å². The molecule has 0 spiro atoms. The maximum Gasteiger partial charge on any atom is 0.270 e. The summed E-state index contributed by atoms with van der Waals surface area (Å²) < 4.78 is 5.44. The molecule has 1 atom stereocenters. The number of hydrogen-bond donors (Lipinski definition) is 2. The van der Waals surface area contributed by atoms with Gasteiger partial charge in [-0.3, -0.25) is 4.79 Å². The van der Waals surface area contributed by atoms with E-state index in [4.69, 9.17) is 9.52 Å². The second-order valence-corrected chi connectivity index (χ2v) is 4.87. The van der Waals surface area contributed by atoms with Crippen LogP contribution in [0.3, 0.4) is 0 Å². The third-order valence-electron chi connectivity index (χ3n) is 2.25. The van der Waals surface area contributed by atoms with Crippen LogP contribution in [0.15, 0.2) is 21.9 Å². The first-order valence-corrected chi connectivity index (χ1v) is 6.43. The Morgan fingerprint density at radius 3 is 3.00 bits per heavy atom. The van der Waals surface area contributed by atoms with E-state index in [9.17, 15) is 4.79 Å². The maximum absolute atomic E-state index is 11.7. The minimum Gasteiger partial charge on any atom is -0.459 e. The summed E-state index contributed by atoms with van der Waals surface area (Å²) in [7, 11) is 0. The summed E-state index contributed by atoms with van der Waals surface area (Å²) in [5.74, 6) is 1.18. The number of aliphatic hydroxyl groups excluding tert-OH is 1. The molecular formula is C12H14N2O3S. The largest absolute Gasteiger partial charge is 0.459 e. The van der Waals surface area contributed by atoms with Gasteiger partial charge >= 0.3 is 0 Å². The average Bonchev–Trinajstić information content (AvgIpc) is 2.93. The number of carbonyl (C=O) groups excluding carboxylic acids is 1. The summed E-state index contributed by atoms with van der Waals surface area (Å²) in [6.07, 6.45) is -0.570. The van der Waals surface area contributed by atoms with Crippen molar-refractivity contribution in [2.24, 2.45) is 0 Å². The molecule has 2 N–H and O–H groups in total. The maximum atomic E-state index is 11.7. The molecule has 1 amide bonds. The molecule has 2 rings (SSSR count). The van der Waals surface area contributed by atoms with Crippen LogP contribution in [-0.2, 0) is 0 Å². The van der Waals surface area contributed by atoms with Gasteiger partial charge in [-0.25, -0.2) is 4.98 Å². The van der Waals surface area contributed by atoms with Crippen molar-refractivity contribution in [2.75, 3.05) is 6.54 Å². The highest BCUT2D eigenvalue weighted by molar-refractivity contribution is 7.13. The van der Waals surface area contributed by atoms with Gasteiger partial charge in [-0.2, -0.15) is 0 Å². The van der Waals surface area contributed by atoms with E-state index in [1.54, 1.807) is 12.3 Å². The van der Waals surface area contributed by atoms with Gasteiger partial charge in [-0.05, 0) is 26.0 Å². The quantitative estimate of drug-likeness (QED) is 0.885. The Hall–Kier alpha value is -1.66. The molecule has 6 heteroatoms. The summed E-state index contributed by atoms with van der Waals surface area (Å²) in [6, 6.07) is 3.68. The molecule has 0 aliphatic heterocycles. The zero-order valence-electron chi connectivity index (χ0n) is 10.1. The Morgan fingerprint density at radius 2 is 2.39 bits per heavy atom. The van der Waals surface area contributed by atoms with Crippen LogP contribution in [0.4, 0.5) is 0 Å². The molecule has 0 saturated carbocycles. The van der Waals surface area contributed by atoms with Crippen LogP contribution in [0.5, 0.6) is 0 Å². The number of nitrogens with zero attached hydrogens (tertiary/aromatic N) is 1. The van der Waals surface area contributed by atoms with Gasteiger partial charge in [0.25, 0.3) is 5.91 Å². The molecule has 0 saturated heterocycles. The fourth-order valence-electron chi connectivity index (χ4n) is 1.37. The first-order valence-electron chi connectivity index (χ1n) is 5.55. The number of carbonyl (C=O) groups is 1. The highest BCUT2D eigenvalue weighted by Crippen LogP contribution is 2.25. The zero-order valence-corrected chi connectivity index (χ0v) is 11.0. The molecule has 96 valence electrons. The van der Waals surface area contributed by atoms with Gasteiger partial charge in [0.1, 0.15) is 11.5 Å². The van der Waals surface area contributed by atoms with Crippen molar-refractivity contribution < 1.29 is 14.3 Å². The van der Waals surface area contributed by atoms with Crippen LogP contribution >= 0.6 is 11.3 Å². The monoisotopic (exact) mass is 266 g/mol. The molecule has 2 aromatic rings. The van der Waals surface area contributed by atoms with Gasteiger partial charge in [0.15, 0.2) is 10.8 Å². The first kappa shape index (κ1) is 12.8. The fraction of sp³-hybridized carbons (Fsp3) is 0.333. The Bertz CT molecular complexity index is 545. The Kier molecular flexibility index (Phi) is 3.78. The van der Waals surface area contributed by atoms with Crippen molar-refractivity contribution in [3.63, 3.8) is 0 Å². The zero-order chi connectivity index (χ0) is 13.1. The van der Waals surface area contributed by atoms with Gasteiger partial charge in [0.2, 0.25) is 0 Å². The lowest BCUT2D eigenvalue weighted by atomic mass is 10.4. The molecular weight excluding hydrogens is 252 g/mol. The van der Waals surface area contributed by atoms with Crippen LogP contribution < -0.4 is 5.32 Å². The summed E-state index contributed by atoms with van der Waals surface area (Å²) in [5.41, 5.74) is 0.338. The van der Waals surface area contributed by atoms with Crippen molar-refractivity contribution in [1.29, 1.82) is 0 Å². The average molecular weight is 266 g/mol. The van der Waals surface area contributed by atoms with Crippen LogP contribution in [0, 0.1) is 6.92 Å². The lowest BCUT2D eigenvalue weighted by Gasteiger charge is -2.04. The second-order valence-electron chi connectivity index (χ2n) is 4.01. The van der Waals surface area contributed by atoms with Gasteiger partial charge in [0, 0.05) is 11.9 Å². The molecule has 2 heterocycles. The molecule has 0 bridgehead atoms.